The summed E-state index contributed by atoms with van der Waals surface area (Å²) in [4.78, 5) is 11.4. The molecule has 116 valence electrons. The number of hydrogen-bond acceptors (Lipinski definition) is 4. The molecule has 6 nitrogen and oxygen atoms in total. The first-order valence-electron chi connectivity index (χ1n) is 7.01. The Morgan fingerprint density at radius 2 is 2.19 bits per heavy atom. The van der Waals surface area contributed by atoms with Crippen LogP contribution in [0.2, 0.25) is 0 Å². The topological polar surface area (TPSA) is 106 Å². The van der Waals surface area contributed by atoms with Crippen LogP contribution in [0.3, 0.4) is 0 Å². The second kappa shape index (κ2) is 6.13. The molecule has 0 bridgehead atoms. The average molecular weight is 311 g/mol. The van der Waals surface area contributed by atoms with Crippen molar-refractivity contribution in [2.75, 3.05) is 13.1 Å². The Morgan fingerprint density at radius 1 is 1.48 bits per heavy atom. The van der Waals surface area contributed by atoms with Crippen LogP contribution in [0.25, 0.3) is 0 Å². The van der Waals surface area contributed by atoms with Gasteiger partial charge in [0.1, 0.15) is 0 Å². The number of nitrogens with zero attached hydrogens (tertiary/aromatic N) is 1. The first kappa shape index (κ1) is 15.9. The van der Waals surface area contributed by atoms with Gasteiger partial charge in [0.05, 0.1) is 10.8 Å². The lowest BCUT2D eigenvalue weighted by atomic mass is 10.1. The van der Waals surface area contributed by atoms with Gasteiger partial charge in [-0.05, 0) is 30.5 Å². The highest BCUT2D eigenvalue weighted by Crippen LogP contribution is 2.26. The van der Waals surface area contributed by atoms with Crippen molar-refractivity contribution in [2.45, 2.75) is 30.7 Å². The second-order valence-corrected chi connectivity index (χ2v) is 7.28. The lowest BCUT2D eigenvalue weighted by Crippen LogP contribution is -2.31. The van der Waals surface area contributed by atoms with E-state index >= 15 is 0 Å². The van der Waals surface area contributed by atoms with E-state index in [1.165, 1.54) is 4.31 Å². The van der Waals surface area contributed by atoms with Crippen molar-refractivity contribution >= 4 is 15.9 Å². The summed E-state index contributed by atoms with van der Waals surface area (Å²) in [7, 11) is -3.60. The van der Waals surface area contributed by atoms with Crippen molar-refractivity contribution in [2.24, 2.45) is 17.4 Å². The minimum Gasteiger partial charge on any atom is -0.369 e. The molecule has 0 saturated carbocycles. The fourth-order valence-electron chi connectivity index (χ4n) is 2.47. The molecule has 0 spiro atoms. The van der Waals surface area contributed by atoms with E-state index in [2.05, 4.69) is 0 Å². The van der Waals surface area contributed by atoms with Gasteiger partial charge < -0.3 is 11.5 Å². The van der Waals surface area contributed by atoms with E-state index in [0.717, 1.165) is 12.0 Å². The molecule has 21 heavy (non-hydrogen) atoms. The average Bonchev–Trinajstić information content (AvgIpc) is 2.97. The normalized spacial score (nSPS) is 21.3. The molecule has 1 amide bonds. The summed E-state index contributed by atoms with van der Waals surface area (Å²) in [6, 6.07) is 6.50. The van der Waals surface area contributed by atoms with Crippen LogP contribution in [-0.2, 0) is 14.8 Å². The van der Waals surface area contributed by atoms with E-state index in [0.29, 0.717) is 13.0 Å². The summed E-state index contributed by atoms with van der Waals surface area (Å²) < 4.78 is 26.5. The Bertz CT molecular complexity index is 630. The maximum absolute atomic E-state index is 12.6. The van der Waals surface area contributed by atoms with E-state index < -0.39 is 21.8 Å². The fraction of sp³-hybridized carbons (Fsp3) is 0.500. The summed E-state index contributed by atoms with van der Waals surface area (Å²) in [5.41, 5.74) is 12.0. The number of carbonyl (C=O) groups is 1. The SMILES string of the molecule is CCC(N)c1cccc(S(=O)(=O)N2CCC(C(N)=O)C2)c1. The van der Waals surface area contributed by atoms with Crippen LogP contribution in [0.15, 0.2) is 29.2 Å². The van der Waals surface area contributed by atoms with Crippen molar-refractivity contribution in [3.8, 4) is 0 Å². The highest BCUT2D eigenvalue weighted by atomic mass is 32.2. The predicted octanol–water partition coefficient (Wildman–Crippen LogP) is 0.592. The molecule has 2 atom stereocenters. The molecule has 0 aliphatic carbocycles. The van der Waals surface area contributed by atoms with Crippen LogP contribution in [-0.4, -0.2) is 31.7 Å². The maximum Gasteiger partial charge on any atom is 0.243 e. The summed E-state index contributed by atoms with van der Waals surface area (Å²) in [5, 5.41) is 0. The van der Waals surface area contributed by atoms with E-state index in [9.17, 15) is 13.2 Å². The quantitative estimate of drug-likeness (QED) is 0.830. The van der Waals surface area contributed by atoms with Gasteiger partial charge in [-0.2, -0.15) is 4.31 Å². The highest BCUT2D eigenvalue weighted by molar-refractivity contribution is 7.89. The van der Waals surface area contributed by atoms with Crippen molar-refractivity contribution in [3.63, 3.8) is 0 Å². The van der Waals surface area contributed by atoms with E-state index in [1.54, 1.807) is 18.2 Å². The van der Waals surface area contributed by atoms with Gasteiger partial charge in [0.25, 0.3) is 0 Å². The number of hydrogen-bond donors (Lipinski definition) is 2. The minimum absolute atomic E-state index is 0.154. The molecule has 1 heterocycles. The number of nitrogens with two attached hydrogens (primary N) is 2. The second-order valence-electron chi connectivity index (χ2n) is 5.34. The van der Waals surface area contributed by atoms with Crippen LogP contribution in [0, 0.1) is 5.92 Å². The molecule has 1 aromatic rings. The van der Waals surface area contributed by atoms with Gasteiger partial charge >= 0.3 is 0 Å². The van der Waals surface area contributed by atoms with Gasteiger partial charge in [-0.1, -0.05) is 19.1 Å². The predicted molar refractivity (Wildman–Crippen MR) is 79.7 cm³/mol. The number of amides is 1. The van der Waals surface area contributed by atoms with Crippen LogP contribution in [0.5, 0.6) is 0 Å². The molecule has 0 aromatic heterocycles. The third kappa shape index (κ3) is 3.25. The van der Waals surface area contributed by atoms with Crippen LogP contribution >= 0.6 is 0 Å². The van der Waals surface area contributed by atoms with Crippen molar-refractivity contribution in [3.05, 3.63) is 29.8 Å². The number of benzene rings is 1. The summed E-state index contributed by atoms with van der Waals surface area (Å²) in [6.07, 6.45) is 1.21. The lowest BCUT2D eigenvalue weighted by molar-refractivity contribution is -0.121. The molecule has 1 saturated heterocycles. The Labute approximate surface area is 125 Å². The molecular weight excluding hydrogens is 290 g/mol. The number of primary amides is 1. The van der Waals surface area contributed by atoms with Gasteiger partial charge in [0.2, 0.25) is 15.9 Å². The number of sulfonamides is 1. The van der Waals surface area contributed by atoms with Gasteiger partial charge in [0, 0.05) is 19.1 Å². The molecule has 2 rings (SSSR count). The maximum atomic E-state index is 12.6. The zero-order valence-electron chi connectivity index (χ0n) is 12.0. The van der Waals surface area contributed by atoms with E-state index in [1.807, 2.05) is 13.0 Å². The highest BCUT2D eigenvalue weighted by Gasteiger charge is 2.35. The third-order valence-electron chi connectivity index (χ3n) is 3.92. The van der Waals surface area contributed by atoms with Crippen LogP contribution in [0.1, 0.15) is 31.4 Å². The molecule has 2 unspecified atom stereocenters. The number of carbonyl (C=O) groups excluding carboxylic acids is 1. The van der Waals surface area contributed by atoms with Gasteiger partial charge in [0.15, 0.2) is 0 Å². The molecule has 1 aromatic carbocycles. The Morgan fingerprint density at radius 3 is 2.76 bits per heavy atom. The molecule has 1 fully saturated rings. The Balaban J connectivity index is 2.26. The van der Waals surface area contributed by atoms with Gasteiger partial charge in [-0.15, -0.1) is 0 Å². The fourth-order valence-corrected chi connectivity index (χ4v) is 4.02. The molecule has 4 N–H and O–H groups in total. The standard InChI is InChI=1S/C14H21N3O3S/c1-2-13(15)10-4-3-5-12(8-10)21(19,20)17-7-6-11(9-17)14(16)18/h3-5,8,11,13H,2,6-7,9,15H2,1H3,(H2,16,18). The molecule has 7 heteroatoms. The first-order chi connectivity index (χ1) is 9.86. The number of rotatable bonds is 5. The Kier molecular flexibility index (Phi) is 4.65. The minimum atomic E-state index is -3.60. The van der Waals surface area contributed by atoms with E-state index in [4.69, 9.17) is 11.5 Å². The smallest absolute Gasteiger partial charge is 0.243 e. The largest absolute Gasteiger partial charge is 0.369 e. The molecule has 1 aliphatic heterocycles. The van der Waals surface area contributed by atoms with Crippen molar-refractivity contribution in [1.29, 1.82) is 0 Å². The lowest BCUT2D eigenvalue weighted by Gasteiger charge is -2.17. The molecule has 1 aliphatic rings. The van der Waals surface area contributed by atoms with E-state index in [-0.39, 0.29) is 17.5 Å². The van der Waals surface area contributed by atoms with Gasteiger partial charge in [-0.3, -0.25) is 4.79 Å². The zero-order chi connectivity index (χ0) is 15.6. The summed E-state index contributed by atoms with van der Waals surface area (Å²) in [5.74, 6) is -0.852. The monoisotopic (exact) mass is 311 g/mol. The summed E-state index contributed by atoms with van der Waals surface area (Å²) in [6.45, 7) is 2.42. The van der Waals surface area contributed by atoms with Crippen molar-refractivity contribution in [1.82, 2.24) is 4.31 Å². The Hall–Kier alpha value is -1.44. The zero-order valence-corrected chi connectivity index (χ0v) is 12.8. The van der Waals surface area contributed by atoms with Crippen molar-refractivity contribution < 1.29 is 13.2 Å². The first-order valence-corrected chi connectivity index (χ1v) is 8.45. The van der Waals surface area contributed by atoms with Crippen LogP contribution in [0.4, 0.5) is 0 Å². The molecule has 0 radical (unpaired) electrons. The third-order valence-corrected chi connectivity index (χ3v) is 5.78. The summed E-state index contributed by atoms with van der Waals surface area (Å²) >= 11 is 0. The van der Waals surface area contributed by atoms with Crippen LogP contribution < -0.4 is 11.5 Å². The molecular formula is C14H21N3O3S. The van der Waals surface area contributed by atoms with Gasteiger partial charge in [-0.25, -0.2) is 8.42 Å².